The second-order valence-corrected chi connectivity index (χ2v) is 9.78. The van der Waals surface area contributed by atoms with Gasteiger partial charge in [-0.25, -0.2) is 4.79 Å². The van der Waals surface area contributed by atoms with Gasteiger partial charge in [0.2, 0.25) is 17.7 Å². The molecule has 0 aliphatic rings. The monoisotopic (exact) mass is 490 g/mol. The summed E-state index contributed by atoms with van der Waals surface area (Å²) in [4.78, 5) is 53.2. The fourth-order valence-electron chi connectivity index (χ4n) is 3.62. The Balaban J connectivity index is 3.50. The van der Waals surface area contributed by atoms with E-state index in [9.17, 15) is 19.2 Å². The lowest BCUT2D eigenvalue weighted by molar-refractivity contribution is -0.145. The number of nitrogens with two attached hydrogens (primary N) is 1. The Kier molecular flexibility index (Phi) is 11.7. The number of hydrogen-bond acceptors (Lipinski definition) is 5. The highest BCUT2D eigenvalue weighted by Crippen LogP contribution is 2.28. The first-order valence-corrected chi connectivity index (χ1v) is 12.3. The normalized spacial score (nSPS) is 13.8. The summed E-state index contributed by atoms with van der Waals surface area (Å²) < 4.78 is 5.29. The molecule has 1 rings (SSSR count). The van der Waals surface area contributed by atoms with Crippen molar-refractivity contribution < 1.29 is 23.9 Å². The third-order valence-corrected chi connectivity index (χ3v) is 5.55. The van der Waals surface area contributed by atoms with Gasteiger partial charge in [-0.05, 0) is 58.6 Å². The molecule has 0 bridgehead atoms. The molecule has 0 saturated carbocycles. The highest BCUT2D eigenvalue weighted by atomic mass is 16.6. The molecular formula is C26H42N4O5. The molecule has 9 nitrogen and oxygen atoms in total. The number of carbonyl (C=O) groups excluding carboxylic acids is 4. The molecule has 0 fully saturated rings. The molecule has 4 amide bonds. The number of carbonyl (C=O) groups is 4. The first-order valence-electron chi connectivity index (χ1n) is 12.3. The SMILES string of the molecule is CCCCNC(=O)C(c1ccccc1C)N(C(=O)C(CC(N)=O)NC(=O)OC(C)(C)C)C(C)CC. The van der Waals surface area contributed by atoms with E-state index in [4.69, 9.17) is 10.5 Å². The number of alkyl carbamates (subject to hydrolysis) is 1. The van der Waals surface area contributed by atoms with E-state index >= 15 is 0 Å². The van der Waals surface area contributed by atoms with Crippen LogP contribution in [0.1, 0.15) is 84.4 Å². The smallest absolute Gasteiger partial charge is 0.408 e. The molecule has 3 atom stereocenters. The van der Waals surface area contributed by atoms with E-state index in [1.165, 1.54) is 4.90 Å². The van der Waals surface area contributed by atoms with Crippen molar-refractivity contribution in [3.8, 4) is 0 Å². The van der Waals surface area contributed by atoms with Crippen molar-refractivity contribution in [1.29, 1.82) is 0 Å². The predicted molar refractivity (Wildman–Crippen MR) is 135 cm³/mol. The minimum absolute atomic E-state index is 0.323. The summed E-state index contributed by atoms with van der Waals surface area (Å²) in [5.41, 5.74) is 6.13. The van der Waals surface area contributed by atoms with E-state index in [1.54, 1.807) is 20.8 Å². The molecule has 1 aromatic carbocycles. The van der Waals surface area contributed by atoms with E-state index in [2.05, 4.69) is 10.6 Å². The average molecular weight is 491 g/mol. The van der Waals surface area contributed by atoms with Crippen LogP contribution < -0.4 is 16.4 Å². The Bertz CT molecular complexity index is 881. The molecule has 0 aliphatic heterocycles. The fourth-order valence-corrected chi connectivity index (χ4v) is 3.62. The summed E-state index contributed by atoms with van der Waals surface area (Å²) in [7, 11) is 0. The summed E-state index contributed by atoms with van der Waals surface area (Å²) in [6, 6.07) is 4.75. The molecule has 1 aromatic rings. The van der Waals surface area contributed by atoms with Crippen molar-refractivity contribution in [3.05, 3.63) is 35.4 Å². The number of rotatable bonds is 12. The van der Waals surface area contributed by atoms with Crippen LogP contribution in [0.2, 0.25) is 0 Å². The van der Waals surface area contributed by atoms with Gasteiger partial charge >= 0.3 is 6.09 Å². The van der Waals surface area contributed by atoms with Gasteiger partial charge in [-0.15, -0.1) is 0 Å². The molecule has 0 heterocycles. The molecule has 4 N–H and O–H groups in total. The maximum Gasteiger partial charge on any atom is 0.408 e. The largest absolute Gasteiger partial charge is 0.444 e. The quantitative estimate of drug-likeness (QED) is 0.387. The first-order chi connectivity index (χ1) is 16.3. The van der Waals surface area contributed by atoms with Gasteiger partial charge in [0.05, 0.1) is 6.42 Å². The second-order valence-electron chi connectivity index (χ2n) is 9.78. The molecular weight excluding hydrogens is 448 g/mol. The lowest BCUT2D eigenvalue weighted by Gasteiger charge is -2.38. The second kappa shape index (κ2) is 13.7. The van der Waals surface area contributed by atoms with Gasteiger partial charge in [-0.2, -0.15) is 0 Å². The van der Waals surface area contributed by atoms with Crippen molar-refractivity contribution in [2.75, 3.05) is 6.54 Å². The maximum absolute atomic E-state index is 13.9. The molecule has 0 radical (unpaired) electrons. The molecule has 0 spiro atoms. The molecule has 0 saturated heterocycles. The third kappa shape index (κ3) is 9.58. The summed E-state index contributed by atoms with van der Waals surface area (Å²) >= 11 is 0. The Morgan fingerprint density at radius 1 is 1.11 bits per heavy atom. The van der Waals surface area contributed by atoms with Crippen LogP contribution in [-0.2, 0) is 19.1 Å². The van der Waals surface area contributed by atoms with Crippen LogP contribution in [0.5, 0.6) is 0 Å². The highest BCUT2D eigenvalue weighted by molar-refractivity contribution is 5.94. The van der Waals surface area contributed by atoms with Gasteiger partial charge in [-0.1, -0.05) is 44.5 Å². The molecule has 196 valence electrons. The number of nitrogens with zero attached hydrogens (tertiary/aromatic N) is 1. The van der Waals surface area contributed by atoms with Gasteiger partial charge in [0.1, 0.15) is 17.7 Å². The number of benzene rings is 1. The van der Waals surface area contributed by atoms with Gasteiger partial charge in [-0.3, -0.25) is 14.4 Å². The number of aryl methyl sites for hydroxylation is 1. The van der Waals surface area contributed by atoms with E-state index in [0.29, 0.717) is 18.5 Å². The van der Waals surface area contributed by atoms with Gasteiger partial charge in [0.25, 0.3) is 0 Å². The lowest BCUT2D eigenvalue weighted by Crippen LogP contribution is -2.56. The van der Waals surface area contributed by atoms with E-state index in [1.807, 2.05) is 52.0 Å². The topological polar surface area (TPSA) is 131 Å². The van der Waals surface area contributed by atoms with Crippen molar-refractivity contribution in [2.45, 2.75) is 97.9 Å². The average Bonchev–Trinajstić information content (AvgIpc) is 2.75. The van der Waals surface area contributed by atoms with Gasteiger partial charge in [0.15, 0.2) is 0 Å². The number of nitrogens with one attached hydrogen (secondary N) is 2. The Labute approximate surface area is 209 Å². The standard InChI is InChI=1S/C26H42N4O5/c1-8-10-15-28-23(32)22(19-14-12-11-13-17(19)3)30(18(4)9-2)24(33)20(16-21(27)31)29-25(34)35-26(5,6)7/h11-14,18,20,22H,8-10,15-16H2,1-7H3,(H2,27,31)(H,28,32)(H,29,34). The minimum Gasteiger partial charge on any atom is -0.444 e. The van der Waals surface area contributed by atoms with Crippen LogP contribution in [0.25, 0.3) is 0 Å². The summed E-state index contributed by atoms with van der Waals surface area (Å²) in [6.07, 6.45) is 0.980. The van der Waals surface area contributed by atoms with Crippen LogP contribution in [0.15, 0.2) is 24.3 Å². The van der Waals surface area contributed by atoms with Crippen molar-refractivity contribution in [3.63, 3.8) is 0 Å². The Morgan fingerprint density at radius 3 is 2.26 bits per heavy atom. The number of primary amides is 1. The van der Waals surface area contributed by atoms with Crippen LogP contribution in [0.4, 0.5) is 4.79 Å². The van der Waals surface area contributed by atoms with Crippen molar-refractivity contribution in [1.82, 2.24) is 15.5 Å². The van der Waals surface area contributed by atoms with E-state index in [-0.39, 0.29) is 11.9 Å². The Hall–Kier alpha value is -3.10. The van der Waals surface area contributed by atoms with Crippen LogP contribution >= 0.6 is 0 Å². The lowest BCUT2D eigenvalue weighted by atomic mass is 9.96. The number of unbranched alkanes of at least 4 members (excludes halogenated alkanes) is 1. The summed E-state index contributed by atoms with van der Waals surface area (Å²) in [5, 5.41) is 5.43. The van der Waals surface area contributed by atoms with Crippen molar-refractivity contribution >= 4 is 23.8 Å². The highest BCUT2D eigenvalue weighted by Gasteiger charge is 2.39. The first kappa shape index (κ1) is 29.9. The molecule has 9 heteroatoms. The zero-order valence-electron chi connectivity index (χ0n) is 22.1. The fraction of sp³-hybridized carbons (Fsp3) is 0.615. The number of amides is 4. The van der Waals surface area contributed by atoms with Crippen molar-refractivity contribution in [2.24, 2.45) is 5.73 Å². The molecule has 3 unspecified atom stereocenters. The molecule has 0 aliphatic carbocycles. The van der Waals surface area contributed by atoms with E-state index < -0.39 is 42.0 Å². The maximum atomic E-state index is 13.9. The Morgan fingerprint density at radius 2 is 1.74 bits per heavy atom. The third-order valence-electron chi connectivity index (χ3n) is 5.55. The summed E-state index contributed by atoms with van der Waals surface area (Å²) in [6.45, 7) is 13.2. The zero-order chi connectivity index (χ0) is 26.8. The molecule has 35 heavy (non-hydrogen) atoms. The number of ether oxygens (including phenoxy) is 1. The van der Waals surface area contributed by atoms with Gasteiger partial charge < -0.3 is 26.0 Å². The predicted octanol–water partition coefficient (Wildman–Crippen LogP) is 3.35. The number of hydrogen-bond donors (Lipinski definition) is 3. The van der Waals surface area contributed by atoms with E-state index in [0.717, 1.165) is 18.4 Å². The minimum atomic E-state index is -1.29. The molecule has 0 aromatic heterocycles. The van der Waals surface area contributed by atoms with Crippen LogP contribution in [0, 0.1) is 6.92 Å². The summed E-state index contributed by atoms with van der Waals surface area (Å²) in [5.74, 6) is -1.66. The van der Waals surface area contributed by atoms with Crippen LogP contribution in [0.3, 0.4) is 0 Å². The zero-order valence-corrected chi connectivity index (χ0v) is 22.1. The van der Waals surface area contributed by atoms with Crippen LogP contribution in [-0.4, -0.2) is 52.9 Å². The van der Waals surface area contributed by atoms with Gasteiger partial charge in [0, 0.05) is 12.6 Å².